The van der Waals surface area contributed by atoms with Crippen LogP contribution in [0.3, 0.4) is 0 Å². The van der Waals surface area contributed by atoms with Crippen LogP contribution in [-0.2, 0) is 10.2 Å². The zero-order valence-electron chi connectivity index (χ0n) is 15.9. The number of carbonyl (C=O) groups is 2. The van der Waals surface area contributed by atoms with Gasteiger partial charge < -0.3 is 5.32 Å². The maximum atomic E-state index is 12.1. The lowest BCUT2D eigenvalue weighted by molar-refractivity contribution is -0.121. The minimum absolute atomic E-state index is 0.0319. The number of carbonyl (C=O) groups excluding carboxylic acids is 2. The van der Waals surface area contributed by atoms with Gasteiger partial charge >= 0.3 is 6.03 Å². The van der Waals surface area contributed by atoms with Crippen LogP contribution in [0.2, 0.25) is 0 Å². The third-order valence-electron chi connectivity index (χ3n) is 4.09. The van der Waals surface area contributed by atoms with Crippen molar-refractivity contribution in [1.29, 1.82) is 0 Å². The van der Waals surface area contributed by atoms with Gasteiger partial charge in [-0.3, -0.25) is 15.4 Å². The molecule has 0 heterocycles. The predicted octanol–water partition coefficient (Wildman–Crippen LogP) is 3.11. The SMILES string of the molecule is CNC(=O)NC(=O)[C@@H](C)N[C@@H](c1ccc(C(C)(C)C)cc1)C(C)C. The first-order chi connectivity index (χ1) is 11.1. The van der Waals surface area contributed by atoms with Gasteiger partial charge in [0.15, 0.2) is 0 Å². The van der Waals surface area contributed by atoms with Gasteiger partial charge in [0.2, 0.25) is 5.91 Å². The molecule has 24 heavy (non-hydrogen) atoms. The fourth-order valence-electron chi connectivity index (χ4n) is 2.49. The van der Waals surface area contributed by atoms with E-state index in [2.05, 4.69) is 74.8 Å². The Kier molecular flexibility index (Phi) is 6.96. The van der Waals surface area contributed by atoms with Crippen LogP contribution >= 0.6 is 0 Å². The van der Waals surface area contributed by atoms with Gasteiger partial charge in [-0.25, -0.2) is 4.79 Å². The summed E-state index contributed by atoms with van der Waals surface area (Å²) >= 11 is 0. The molecule has 1 aromatic rings. The van der Waals surface area contributed by atoms with Crippen molar-refractivity contribution in [2.75, 3.05) is 7.05 Å². The first-order valence-corrected chi connectivity index (χ1v) is 8.45. The molecule has 1 aromatic carbocycles. The van der Waals surface area contributed by atoms with Crippen LogP contribution in [0.5, 0.6) is 0 Å². The van der Waals surface area contributed by atoms with E-state index >= 15 is 0 Å². The fraction of sp³-hybridized carbons (Fsp3) is 0.579. The number of nitrogens with one attached hydrogen (secondary N) is 3. The molecule has 0 fully saturated rings. The molecule has 0 unspecified atom stereocenters. The van der Waals surface area contributed by atoms with Gasteiger partial charge in [-0.15, -0.1) is 0 Å². The summed E-state index contributed by atoms with van der Waals surface area (Å²) in [6.07, 6.45) is 0. The van der Waals surface area contributed by atoms with E-state index in [1.165, 1.54) is 12.6 Å². The smallest absolute Gasteiger partial charge is 0.321 e. The van der Waals surface area contributed by atoms with Gasteiger partial charge in [-0.1, -0.05) is 58.9 Å². The lowest BCUT2D eigenvalue weighted by atomic mass is 9.85. The Balaban J connectivity index is 2.87. The van der Waals surface area contributed by atoms with Crippen LogP contribution in [0.4, 0.5) is 4.79 Å². The van der Waals surface area contributed by atoms with E-state index in [1.54, 1.807) is 6.92 Å². The first-order valence-electron chi connectivity index (χ1n) is 8.45. The quantitative estimate of drug-likeness (QED) is 0.775. The summed E-state index contributed by atoms with van der Waals surface area (Å²) in [5.41, 5.74) is 2.52. The molecular weight excluding hydrogens is 302 g/mol. The Labute approximate surface area is 145 Å². The van der Waals surface area contributed by atoms with Gasteiger partial charge in [0.05, 0.1) is 6.04 Å². The molecule has 5 heteroatoms. The number of rotatable bonds is 5. The number of hydrogen-bond acceptors (Lipinski definition) is 3. The standard InChI is InChI=1S/C19H31N3O2/c1-12(2)16(21-13(3)17(23)22-18(24)20-7)14-8-10-15(11-9-14)19(4,5)6/h8-13,16,21H,1-7H3,(H2,20,22,23,24)/t13-,16-/m1/s1. The van der Waals surface area contributed by atoms with E-state index in [1.807, 2.05) is 0 Å². The van der Waals surface area contributed by atoms with Crippen molar-refractivity contribution in [1.82, 2.24) is 16.0 Å². The lowest BCUT2D eigenvalue weighted by Gasteiger charge is -2.27. The highest BCUT2D eigenvalue weighted by Crippen LogP contribution is 2.27. The molecular formula is C19H31N3O2. The first kappa shape index (κ1) is 20.2. The molecule has 0 aliphatic carbocycles. The average Bonchev–Trinajstić information content (AvgIpc) is 2.51. The number of benzene rings is 1. The van der Waals surface area contributed by atoms with Gasteiger partial charge in [-0.05, 0) is 29.4 Å². The highest BCUT2D eigenvalue weighted by atomic mass is 16.2. The summed E-state index contributed by atoms with van der Waals surface area (Å²) in [5.74, 6) is -0.0351. The summed E-state index contributed by atoms with van der Waals surface area (Å²) in [7, 11) is 1.48. The molecule has 5 nitrogen and oxygen atoms in total. The maximum Gasteiger partial charge on any atom is 0.321 e. The Hall–Kier alpha value is -1.88. The topological polar surface area (TPSA) is 70.2 Å². The maximum absolute atomic E-state index is 12.1. The van der Waals surface area contributed by atoms with Crippen LogP contribution < -0.4 is 16.0 Å². The van der Waals surface area contributed by atoms with Crippen molar-refractivity contribution in [2.45, 2.75) is 59.0 Å². The minimum atomic E-state index is -0.496. The second-order valence-corrected chi connectivity index (χ2v) is 7.55. The molecule has 3 amide bonds. The normalized spacial score (nSPS) is 14.2. The molecule has 1 rings (SSSR count). The third-order valence-corrected chi connectivity index (χ3v) is 4.09. The molecule has 0 aliphatic heterocycles. The van der Waals surface area contributed by atoms with Crippen molar-refractivity contribution in [3.05, 3.63) is 35.4 Å². The molecule has 0 bridgehead atoms. The highest BCUT2D eigenvalue weighted by molar-refractivity contribution is 5.96. The van der Waals surface area contributed by atoms with E-state index in [9.17, 15) is 9.59 Å². The Bertz CT molecular complexity index is 559. The number of urea groups is 1. The molecule has 0 spiro atoms. The highest BCUT2D eigenvalue weighted by Gasteiger charge is 2.23. The van der Waals surface area contributed by atoms with Crippen LogP contribution in [0.15, 0.2) is 24.3 Å². The fourth-order valence-corrected chi connectivity index (χ4v) is 2.49. The molecule has 0 saturated heterocycles. The van der Waals surface area contributed by atoms with E-state index in [4.69, 9.17) is 0 Å². The molecule has 134 valence electrons. The summed E-state index contributed by atoms with van der Waals surface area (Å²) in [4.78, 5) is 23.3. The third kappa shape index (κ3) is 5.64. The van der Waals surface area contributed by atoms with Crippen molar-refractivity contribution in [3.8, 4) is 0 Å². The van der Waals surface area contributed by atoms with Gasteiger partial charge in [0.25, 0.3) is 0 Å². The van der Waals surface area contributed by atoms with Gasteiger partial charge in [-0.2, -0.15) is 0 Å². The van der Waals surface area contributed by atoms with E-state index in [0.29, 0.717) is 5.92 Å². The molecule has 3 N–H and O–H groups in total. The second-order valence-electron chi connectivity index (χ2n) is 7.55. The molecule has 0 aromatic heterocycles. The largest absolute Gasteiger partial charge is 0.341 e. The van der Waals surface area contributed by atoms with Crippen molar-refractivity contribution < 1.29 is 9.59 Å². The Morgan fingerprint density at radius 3 is 1.96 bits per heavy atom. The Morgan fingerprint density at radius 2 is 1.54 bits per heavy atom. The summed E-state index contributed by atoms with van der Waals surface area (Å²) in [6.45, 7) is 12.5. The Morgan fingerprint density at radius 1 is 1.00 bits per heavy atom. The number of amides is 3. The molecule has 0 aliphatic rings. The number of imide groups is 1. The van der Waals surface area contributed by atoms with E-state index in [-0.39, 0.29) is 17.4 Å². The van der Waals surface area contributed by atoms with E-state index < -0.39 is 12.1 Å². The van der Waals surface area contributed by atoms with Crippen LogP contribution in [0, 0.1) is 5.92 Å². The van der Waals surface area contributed by atoms with Crippen LogP contribution in [0.25, 0.3) is 0 Å². The summed E-state index contributed by atoms with van der Waals surface area (Å²) in [6, 6.07) is 7.57. The zero-order valence-corrected chi connectivity index (χ0v) is 15.9. The monoisotopic (exact) mass is 333 g/mol. The van der Waals surface area contributed by atoms with Crippen LogP contribution in [-0.4, -0.2) is 25.0 Å². The predicted molar refractivity (Wildman–Crippen MR) is 97.9 cm³/mol. The van der Waals surface area contributed by atoms with Crippen molar-refractivity contribution >= 4 is 11.9 Å². The summed E-state index contributed by atoms with van der Waals surface area (Å²) in [5, 5.41) is 8.01. The lowest BCUT2D eigenvalue weighted by Crippen LogP contribution is -2.48. The van der Waals surface area contributed by atoms with Gasteiger partial charge in [0.1, 0.15) is 0 Å². The van der Waals surface area contributed by atoms with Crippen LogP contribution in [0.1, 0.15) is 58.7 Å². The van der Waals surface area contributed by atoms with E-state index in [0.717, 1.165) is 5.56 Å². The molecule has 2 atom stereocenters. The molecule has 0 saturated carbocycles. The van der Waals surface area contributed by atoms with Crippen molar-refractivity contribution in [2.24, 2.45) is 5.92 Å². The average molecular weight is 333 g/mol. The van der Waals surface area contributed by atoms with Gasteiger partial charge in [0, 0.05) is 13.1 Å². The molecule has 0 radical (unpaired) electrons. The van der Waals surface area contributed by atoms with Crippen molar-refractivity contribution in [3.63, 3.8) is 0 Å². The minimum Gasteiger partial charge on any atom is -0.341 e. The second kappa shape index (κ2) is 8.29. The summed E-state index contributed by atoms with van der Waals surface area (Å²) < 4.78 is 0. The zero-order chi connectivity index (χ0) is 18.5. The number of hydrogen-bond donors (Lipinski definition) is 3.